The molecular formula is C7H15NO4. The van der Waals surface area contributed by atoms with Crippen molar-refractivity contribution >= 4 is 0 Å². The van der Waals surface area contributed by atoms with Crippen LogP contribution >= 0.6 is 0 Å². The van der Waals surface area contributed by atoms with Gasteiger partial charge in [-0.3, -0.25) is 0 Å². The largest absolute Gasteiger partial charge is 0.367 e. The Balaban J connectivity index is 2.86. The molecule has 0 aliphatic carbocycles. The topological polar surface area (TPSA) is 71.0 Å². The Hall–Kier alpha value is -0.460. The summed E-state index contributed by atoms with van der Waals surface area (Å²) < 4.78 is 0. The first-order valence-corrected chi connectivity index (χ1v) is 3.69. The molecule has 0 heterocycles. The molecule has 5 heteroatoms. The van der Waals surface area contributed by atoms with E-state index in [1.54, 1.807) is 6.08 Å². The second kappa shape index (κ2) is 8.63. The normalized spacial score (nSPS) is 10.6. The van der Waals surface area contributed by atoms with Gasteiger partial charge < -0.3 is 15.5 Å². The van der Waals surface area contributed by atoms with Crippen LogP contribution in [0.25, 0.3) is 0 Å². The van der Waals surface area contributed by atoms with Crippen molar-refractivity contribution in [3.8, 4) is 0 Å². The van der Waals surface area contributed by atoms with Crippen molar-refractivity contribution in [2.24, 2.45) is 0 Å². The lowest BCUT2D eigenvalue weighted by molar-refractivity contribution is -0.284. The van der Waals surface area contributed by atoms with Gasteiger partial charge in [0, 0.05) is 13.1 Å². The Morgan fingerprint density at radius 3 is 2.75 bits per heavy atom. The van der Waals surface area contributed by atoms with E-state index < -0.39 is 6.29 Å². The highest BCUT2D eigenvalue weighted by atomic mass is 17.2. The van der Waals surface area contributed by atoms with Gasteiger partial charge in [0.15, 0.2) is 6.29 Å². The fourth-order valence-electron chi connectivity index (χ4n) is 0.500. The summed E-state index contributed by atoms with van der Waals surface area (Å²) in [5.41, 5.74) is 0. The maximum absolute atomic E-state index is 8.40. The van der Waals surface area contributed by atoms with Gasteiger partial charge in [-0.25, -0.2) is 9.78 Å². The molecule has 0 fully saturated rings. The van der Waals surface area contributed by atoms with E-state index in [1.165, 1.54) is 0 Å². The number of hydrogen-bond acceptors (Lipinski definition) is 5. The van der Waals surface area contributed by atoms with E-state index in [0.29, 0.717) is 19.8 Å². The third kappa shape index (κ3) is 9.54. The van der Waals surface area contributed by atoms with Crippen molar-refractivity contribution in [2.45, 2.75) is 6.29 Å². The highest BCUT2D eigenvalue weighted by molar-refractivity contribution is 4.62. The van der Waals surface area contributed by atoms with Crippen LogP contribution in [0.3, 0.4) is 0 Å². The van der Waals surface area contributed by atoms with E-state index in [0.717, 1.165) is 0 Å². The van der Waals surface area contributed by atoms with Crippen molar-refractivity contribution in [3.63, 3.8) is 0 Å². The van der Waals surface area contributed by atoms with Crippen LogP contribution in [0.5, 0.6) is 0 Å². The Morgan fingerprint density at radius 2 is 2.17 bits per heavy atom. The number of hydrogen-bond donors (Lipinski definition) is 3. The Kier molecular flexibility index (Phi) is 8.30. The predicted octanol–water partition coefficient (Wildman–Crippen LogP) is -0.979. The molecule has 0 aliphatic heterocycles. The van der Waals surface area contributed by atoms with E-state index in [-0.39, 0.29) is 6.54 Å². The molecule has 0 rings (SSSR count). The summed E-state index contributed by atoms with van der Waals surface area (Å²) in [5, 5.41) is 19.5. The maximum atomic E-state index is 8.40. The van der Waals surface area contributed by atoms with Gasteiger partial charge >= 0.3 is 0 Å². The average Bonchev–Trinajstić information content (AvgIpc) is 2.02. The Bertz CT molecular complexity index is 108. The molecule has 0 saturated carbocycles. The van der Waals surface area contributed by atoms with Gasteiger partial charge in [-0.1, -0.05) is 6.08 Å². The van der Waals surface area contributed by atoms with Crippen LogP contribution in [0.4, 0.5) is 0 Å². The molecule has 12 heavy (non-hydrogen) atoms. The SMILES string of the molecule is C=CCOOCCNCC(O)O. The fraction of sp³-hybridized carbons (Fsp3) is 0.714. The Morgan fingerprint density at radius 1 is 1.42 bits per heavy atom. The molecular weight excluding hydrogens is 162 g/mol. The molecule has 0 aromatic rings. The lowest BCUT2D eigenvalue weighted by atomic mass is 10.6. The van der Waals surface area contributed by atoms with E-state index in [9.17, 15) is 0 Å². The molecule has 3 N–H and O–H groups in total. The zero-order chi connectivity index (χ0) is 9.23. The minimum absolute atomic E-state index is 0.130. The first-order valence-electron chi connectivity index (χ1n) is 3.69. The minimum atomic E-state index is -1.32. The standard InChI is InChI=1S/C7H15NO4/c1-2-4-11-12-5-3-8-6-7(9)10/h2,7-10H,1,3-6H2. The van der Waals surface area contributed by atoms with Crippen LogP contribution in [0.2, 0.25) is 0 Å². The molecule has 0 aliphatic rings. The van der Waals surface area contributed by atoms with Crippen LogP contribution in [0.1, 0.15) is 0 Å². The summed E-state index contributed by atoms with van der Waals surface area (Å²) in [5.74, 6) is 0. The van der Waals surface area contributed by atoms with Crippen molar-refractivity contribution in [1.29, 1.82) is 0 Å². The summed E-state index contributed by atoms with van der Waals surface area (Å²) in [7, 11) is 0. The van der Waals surface area contributed by atoms with Gasteiger partial charge in [0.2, 0.25) is 0 Å². The molecule has 0 unspecified atom stereocenters. The molecule has 5 nitrogen and oxygen atoms in total. The first-order chi connectivity index (χ1) is 5.77. The van der Waals surface area contributed by atoms with Crippen LogP contribution in [0.15, 0.2) is 12.7 Å². The monoisotopic (exact) mass is 177 g/mol. The summed E-state index contributed by atoms with van der Waals surface area (Å²) in [6, 6.07) is 0. The molecule has 0 spiro atoms. The molecule has 0 saturated heterocycles. The van der Waals surface area contributed by atoms with Gasteiger partial charge in [-0.2, -0.15) is 0 Å². The summed E-state index contributed by atoms with van der Waals surface area (Å²) >= 11 is 0. The second-order valence-electron chi connectivity index (χ2n) is 2.08. The van der Waals surface area contributed by atoms with Gasteiger partial charge in [-0.05, 0) is 0 Å². The lowest BCUT2D eigenvalue weighted by Crippen LogP contribution is -2.29. The van der Waals surface area contributed by atoms with Gasteiger partial charge in [0.05, 0.1) is 6.61 Å². The van der Waals surface area contributed by atoms with E-state index in [2.05, 4.69) is 21.7 Å². The van der Waals surface area contributed by atoms with Crippen molar-refractivity contribution in [1.82, 2.24) is 5.32 Å². The van der Waals surface area contributed by atoms with Crippen LogP contribution < -0.4 is 5.32 Å². The molecule has 0 aromatic heterocycles. The van der Waals surface area contributed by atoms with E-state index in [1.807, 2.05) is 0 Å². The molecule has 0 bridgehead atoms. The molecule has 0 radical (unpaired) electrons. The second-order valence-corrected chi connectivity index (χ2v) is 2.08. The summed E-state index contributed by atoms with van der Waals surface area (Å²) in [6.45, 7) is 4.78. The number of nitrogens with one attached hydrogen (secondary N) is 1. The molecule has 72 valence electrons. The Labute approximate surface area is 71.5 Å². The third-order valence-corrected chi connectivity index (χ3v) is 0.958. The van der Waals surface area contributed by atoms with Crippen molar-refractivity contribution in [3.05, 3.63) is 12.7 Å². The number of rotatable bonds is 8. The predicted molar refractivity (Wildman–Crippen MR) is 43.2 cm³/mol. The molecule has 0 atom stereocenters. The zero-order valence-corrected chi connectivity index (χ0v) is 6.90. The third-order valence-electron chi connectivity index (χ3n) is 0.958. The molecule has 0 amide bonds. The quantitative estimate of drug-likeness (QED) is 0.146. The van der Waals surface area contributed by atoms with Gasteiger partial charge in [0.1, 0.15) is 6.61 Å². The van der Waals surface area contributed by atoms with Crippen LogP contribution in [0, 0.1) is 0 Å². The summed E-state index contributed by atoms with van der Waals surface area (Å²) in [6.07, 6.45) is 0.254. The number of aliphatic hydroxyl groups excluding tert-OH is 1. The van der Waals surface area contributed by atoms with E-state index >= 15 is 0 Å². The van der Waals surface area contributed by atoms with Crippen molar-refractivity contribution < 1.29 is 20.0 Å². The van der Waals surface area contributed by atoms with Crippen molar-refractivity contribution in [2.75, 3.05) is 26.3 Å². The number of aliphatic hydroxyl groups is 2. The first kappa shape index (κ1) is 11.5. The zero-order valence-electron chi connectivity index (χ0n) is 6.90. The van der Waals surface area contributed by atoms with Gasteiger partial charge in [-0.15, -0.1) is 6.58 Å². The highest BCUT2D eigenvalue weighted by Gasteiger charge is 1.94. The van der Waals surface area contributed by atoms with Crippen LogP contribution in [-0.4, -0.2) is 42.8 Å². The lowest BCUT2D eigenvalue weighted by Gasteiger charge is -2.05. The average molecular weight is 177 g/mol. The maximum Gasteiger partial charge on any atom is 0.164 e. The summed E-state index contributed by atoms with van der Waals surface area (Å²) in [4.78, 5) is 9.27. The van der Waals surface area contributed by atoms with Gasteiger partial charge in [0.25, 0.3) is 0 Å². The molecule has 0 aromatic carbocycles. The van der Waals surface area contributed by atoms with Crippen LogP contribution in [-0.2, 0) is 9.78 Å². The highest BCUT2D eigenvalue weighted by Crippen LogP contribution is 1.77. The fourth-order valence-corrected chi connectivity index (χ4v) is 0.500. The smallest absolute Gasteiger partial charge is 0.164 e. The minimum Gasteiger partial charge on any atom is -0.367 e. The van der Waals surface area contributed by atoms with E-state index in [4.69, 9.17) is 10.2 Å².